The van der Waals surface area contributed by atoms with E-state index in [0.717, 1.165) is 18.7 Å². The second-order valence-electron chi connectivity index (χ2n) is 4.47. The number of thioether (sulfide) groups is 2. The maximum atomic E-state index is 4.49. The lowest BCUT2D eigenvalue weighted by Gasteiger charge is -2.34. The second-order valence-corrected chi connectivity index (χ2v) is 7.24. The summed E-state index contributed by atoms with van der Waals surface area (Å²) in [5.74, 6) is 2.51. The van der Waals surface area contributed by atoms with Crippen LogP contribution in [0, 0.1) is 0 Å². The van der Waals surface area contributed by atoms with Crippen LogP contribution in [0.2, 0.25) is 0 Å². The molecule has 5 heteroatoms. The third-order valence-corrected chi connectivity index (χ3v) is 6.28. The molecule has 3 atom stereocenters. The van der Waals surface area contributed by atoms with Gasteiger partial charge in [0.05, 0.1) is 17.9 Å². The maximum absolute atomic E-state index is 4.49. The first kappa shape index (κ1) is 14.2. The van der Waals surface area contributed by atoms with E-state index in [1.165, 1.54) is 11.5 Å². The van der Waals surface area contributed by atoms with E-state index >= 15 is 0 Å². The van der Waals surface area contributed by atoms with Gasteiger partial charge < -0.3 is 5.32 Å². The van der Waals surface area contributed by atoms with Crippen molar-refractivity contribution in [2.75, 3.05) is 18.1 Å². The fraction of sp³-hybridized carbons (Fsp3) is 0.692. The normalized spacial score (nSPS) is 25.9. The summed E-state index contributed by atoms with van der Waals surface area (Å²) < 4.78 is 0. The molecule has 0 amide bonds. The summed E-state index contributed by atoms with van der Waals surface area (Å²) in [5, 5.41) is 4.91. The Labute approximate surface area is 118 Å². The van der Waals surface area contributed by atoms with E-state index in [-0.39, 0.29) is 0 Å². The molecular formula is C13H21N3S2. The highest BCUT2D eigenvalue weighted by atomic mass is 32.2. The van der Waals surface area contributed by atoms with Crippen LogP contribution in [0.1, 0.15) is 32.0 Å². The molecule has 0 aromatic carbocycles. The smallest absolute Gasteiger partial charge is 0.0767 e. The fourth-order valence-corrected chi connectivity index (χ4v) is 5.11. The van der Waals surface area contributed by atoms with Crippen molar-refractivity contribution in [2.45, 2.75) is 36.8 Å². The largest absolute Gasteiger partial charge is 0.308 e. The van der Waals surface area contributed by atoms with E-state index in [1.807, 2.05) is 6.20 Å². The van der Waals surface area contributed by atoms with Crippen LogP contribution in [0.25, 0.3) is 0 Å². The van der Waals surface area contributed by atoms with Crippen molar-refractivity contribution in [3.05, 3.63) is 24.3 Å². The molecule has 0 bridgehead atoms. The first-order valence-corrected chi connectivity index (χ1v) is 8.65. The summed E-state index contributed by atoms with van der Waals surface area (Å²) in [6, 6.07) is 0.325. The summed E-state index contributed by atoms with van der Waals surface area (Å²) >= 11 is 4.15. The molecule has 1 saturated heterocycles. The maximum Gasteiger partial charge on any atom is 0.0767 e. The van der Waals surface area contributed by atoms with Crippen molar-refractivity contribution in [2.24, 2.45) is 0 Å². The van der Waals surface area contributed by atoms with Gasteiger partial charge in [-0.1, -0.05) is 13.8 Å². The molecule has 0 spiro atoms. The number of nitrogens with one attached hydrogen (secondary N) is 1. The third kappa shape index (κ3) is 3.62. The van der Waals surface area contributed by atoms with Crippen LogP contribution < -0.4 is 5.32 Å². The van der Waals surface area contributed by atoms with Crippen LogP contribution in [-0.4, -0.2) is 38.5 Å². The fourth-order valence-electron chi connectivity index (χ4n) is 2.18. The van der Waals surface area contributed by atoms with E-state index in [4.69, 9.17) is 0 Å². The van der Waals surface area contributed by atoms with Crippen LogP contribution in [-0.2, 0) is 0 Å². The molecular weight excluding hydrogens is 262 g/mol. The molecule has 3 nitrogen and oxygen atoms in total. The van der Waals surface area contributed by atoms with Gasteiger partial charge in [0.15, 0.2) is 0 Å². The van der Waals surface area contributed by atoms with Crippen LogP contribution in [0.4, 0.5) is 0 Å². The number of hydrogen-bond acceptors (Lipinski definition) is 5. The lowest BCUT2D eigenvalue weighted by molar-refractivity contribution is 0.496. The molecule has 2 heterocycles. The molecule has 2 rings (SSSR count). The van der Waals surface area contributed by atoms with Gasteiger partial charge in [-0.2, -0.15) is 23.5 Å². The topological polar surface area (TPSA) is 37.8 Å². The average molecular weight is 283 g/mol. The molecule has 1 fully saturated rings. The molecule has 1 aromatic rings. The Morgan fingerprint density at radius 1 is 1.39 bits per heavy atom. The molecule has 1 aromatic heterocycles. The number of rotatable bonds is 5. The van der Waals surface area contributed by atoms with Gasteiger partial charge in [-0.15, -0.1) is 0 Å². The van der Waals surface area contributed by atoms with E-state index in [9.17, 15) is 0 Å². The van der Waals surface area contributed by atoms with Gasteiger partial charge >= 0.3 is 0 Å². The van der Waals surface area contributed by atoms with Crippen LogP contribution in [0.5, 0.6) is 0 Å². The van der Waals surface area contributed by atoms with Crippen LogP contribution >= 0.6 is 23.5 Å². The highest BCUT2D eigenvalue weighted by molar-refractivity contribution is 8.07. The Balaban J connectivity index is 2.13. The van der Waals surface area contributed by atoms with Crippen molar-refractivity contribution < 1.29 is 0 Å². The van der Waals surface area contributed by atoms with E-state index in [0.29, 0.717) is 16.5 Å². The molecule has 0 saturated carbocycles. The average Bonchev–Trinajstić information content (AvgIpc) is 2.42. The van der Waals surface area contributed by atoms with Crippen LogP contribution in [0.15, 0.2) is 18.6 Å². The molecule has 1 N–H and O–H groups in total. The van der Waals surface area contributed by atoms with Crippen molar-refractivity contribution in [3.63, 3.8) is 0 Å². The summed E-state index contributed by atoms with van der Waals surface area (Å²) in [4.78, 5) is 8.71. The Morgan fingerprint density at radius 2 is 2.22 bits per heavy atom. The summed E-state index contributed by atoms with van der Waals surface area (Å²) in [7, 11) is 0. The minimum atomic E-state index is 0.325. The van der Waals surface area contributed by atoms with Crippen molar-refractivity contribution in [1.29, 1.82) is 0 Å². The number of aromatic nitrogens is 2. The molecule has 0 aliphatic carbocycles. The standard InChI is InChI=1S/C13H21N3S2/c1-3-4-16-12(11-9-14-5-6-15-11)13-10(2)17-7-8-18-13/h5-6,9-10,12-13,16H,3-4,7-8H2,1-2H3. The highest BCUT2D eigenvalue weighted by Crippen LogP contribution is 2.37. The van der Waals surface area contributed by atoms with Crippen molar-refractivity contribution >= 4 is 23.5 Å². The van der Waals surface area contributed by atoms with Gasteiger partial charge in [0.1, 0.15) is 0 Å². The SMILES string of the molecule is CCCNC(c1cnccn1)C1SCCSC1C. The molecule has 18 heavy (non-hydrogen) atoms. The Hall–Kier alpha value is -0.260. The van der Waals surface area contributed by atoms with Crippen molar-refractivity contribution in [1.82, 2.24) is 15.3 Å². The number of hydrogen-bond donors (Lipinski definition) is 1. The van der Waals surface area contributed by atoms with Crippen molar-refractivity contribution in [3.8, 4) is 0 Å². The molecule has 1 aliphatic heterocycles. The van der Waals surface area contributed by atoms with Gasteiger partial charge in [0.25, 0.3) is 0 Å². The number of nitrogens with zero attached hydrogens (tertiary/aromatic N) is 2. The zero-order valence-corrected chi connectivity index (χ0v) is 12.6. The monoisotopic (exact) mass is 283 g/mol. The Kier molecular flexibility index (Phi) is 5.79. The molecule has 100 valence electrons. The van der Waals surface area contributed by atoms with Gasteiger partial charge in [0, 0.05) is 34.4 Å². The Bertz CT molecular complexity index is 347. The lowest BCUT2D eigenvalue weighted by Crippen LogP contribution is -2.38. The first-order chi connectivity index (χ1) is 8.83. The predicted molar refractivity (Wildman–Crippen MR) is 81.2 cm³/mol. The van der Waals surface area contributed by atoms with E-state index < -0.39 is 0 Å². The van der Waals surface area contributed by atoms with Gasteiger partial charge in [-0.25, -0.2) is 0 Å². The van der Waals surface area contributed by atoms with E-state index in [2.05, 4.69) is 52.7 Å². The summed E-state index contributed by atoms with van der Waals surface area (Å²) in [5.41, 5.74) is 1.08. The van der Waals surface area contributed by atoms with Crippen LogP contribution in [0.3, 0.4) is 0 Å². The second kappa shape index (κ2) is 7.36. The zero-order valence-electron chi connectivity index (χ0n) is 11.0. The Morgan fingerprint density at radius 3 is 2.89 bits per heavy atom. The quantitative estimate of drug-likeness (QED) is 0.899. The summed E-state index contributed by atoms with van der Waals surface area (Å²) in [6.07, 6.45) is 6.59. The van der Waals surface area contributed by atoms with Gasteiger partial charge in [0.2, 0.25) is 0 Å². The third-order valence-electron chi connectivity index (χ3n) is 3.08. The van der Waals surface area contributed by atoms with Gasteiger partial charge in [-0.05, 0) is 13.0 Å². The molecule has 0 radical (unpaired) electrons. The molecule has 3 unspecified atom stereocenters. The summed E-state index contributed by atoms with van der Waals surface area (Å²) in [6.45, 7) is 5.57. The van der Waals surface area contributed by atoms with Gasteiger partial charge in [-0.3, -0.25) is 9.97 Å². The minimum absolute atomic E-state index is 0.325. The minimum Gasteiger partial charge on any atom is -0.308 e. The van der Waals surface area contributed by atoms with E-state index in [1.54, 1.807) is 12.4 Å². The highest BCUT2D eigenvalue weighted by Gasteiger charge is 2.31. The first-order valence-electron chi connectivity index (χ1n) is 6.55. The zero-order chi connectivity index (χ0) is 12.8. The predicted octanol–water partition coefficient (Wildman–Crippen LogP) is 2.75. The molecule has 1 aliphatic rings. The lowest BCUT2D eigenvalue weighted by atomic mass is 10.1.